The minimum Gasteiger partial charge on any atom is -0.497 e. The zero-order valence-electron chi connectivity index (χ0n) is 17.8. The summed E-state index contributed by atoms with van der Waals surface area (Å²) in [6.45, 7) is 1.93. The molecule has 2 aromatic heterocycles. The van der Waals surface area contributed by atoms with Crippen LogP contribution in [0.15, 0.2) is 56.4 Å². The lowest BCUT2D eigenvalue weighted by Gasteiger charge is -2.17. The van der Waals surface area contributed by atoms with Gasteiger partial charge in [0.2, 0.25) is 11.6 Å². The van der Waals surface area contributed by atoms with Gasteiger partial charge in [0, 0.05) is 19.6 Å². The molecule has 2 heterocycles. The maximum absolute atomic E-state index is 13.5. The van der Waals surface area contributed by atoms with Gasteiger partial charge in [-0.25, -0.2) is 18.4 Å². The third kappa shape index (κ3) is 5.04. The van der Waals surface area contributed by atoms with Gasteiger partial charge in [-0.15, -0.1) is 0 Å². The molecule has 0 radical (unpaired) electrons. The number of methoxy groups -OCH3 is 1. The maximum atomic E-state index is 13.5. The van der Waals surface area contributed by atoms with E-state index >= 15 is 0 Å². The highest BCUT2D eigenvalue weighted by atomic mass is 35.5. The largest absolute Gasteiger partial charge is 0.497 e. The van der Waals surface area contributed by atoms with Gasteiger partial charge in [0.15, 0.2) is 5.69 Å². The molecule has 0 aliphatic heterocycles. The topological polar surface area (TPSA) is 111 Å². The van der Waals surface area contributed by atoms with E-state index in [1.165, 1.54) is 12.1 Å². The molecular formula is C21H20ClFN6O4. The first-order valence-electron chi connectivity index (χ1n) is 9.88. The Labute approximate surface area is 192 Å². The predicted molar refractivity (Wildman–Crippen MR) is 118 cm³/mol. The third-order valence-corrected chi connectivity index (χ3v) is 5.15. The number of halogens is 2. The van der Waals surface area contributed by atoms with Crippen molar-refractivity contribution < 1.29 is 18.3 Å². The lowest BCUT2D eigenvalue weighted by Crippen LogP contribution is -2.25. The monoisotopic (exact) mass is 474 g/mol. The lowest BCUT2D eigenvalue weighted by atomic mass is 10.2. The zero-order valence-corrected chi connectivity index (χ0v) is 18.5. The highest BCUT2D eigenvalue weighted by Crippen LogP contribution is 2.26. The Morgan fingerprint density at radius 1 is 1.18 bits per heavy atom. The molecule has 12 heteroatoms. The first-order valence-corrected chi connectivity index (χ1v) is 10.3. The van der Waals surface area contributed by atoms with Crippen molar-refractivity contribution in [3.63, 3.8) is 0 Å². The van der Waals surface area contributed by atoms with Gasteiger partial charge in [-0.3, -0.25) is 4.52 Å². The minimum absolute atomic E-state index is 0.0398. The van der Waals surface area contributed by atoms with Crippen molar-refractivity contribution in [1.82, 2.24) is 24.9 Å². The molecule has 33 heavy (non-hydrogen) atoms. The number of benzene rings is 2. The highest BCUT2D eigenvalue weighted by molar-refractivity contribution is 6.30. The second kappa shape index (κ2) is 9.84. The maximum Gasteiger partial charge on any atom is 0.446 e. The lowest BCUT2D eigenvalue weighted by molar-refractivity contribution is 0.308. The van der Waals surface area contributed by atoms with Crippen LogP contribution in [0, 0.1) is 5.82 Å². The molecule has 0 spiro atoms. The average molecular weight is 475 g/mol. The van der Waals surface area contributed by atoms with Crippen molar-refractivity contribution in [3.05, 3.63) is 69.4 Å². The van der Waals surface area contributed by atoms with Gasteiger partial charge >= 0.3 is 5.76 Å². The summed E-state index contributed by atoms with van der Waals surface area (Å²) in [6.07, 6.45) is 0. The summed E-state index contributed by atoms with van der Waals surface area (Å²) in [5.41, 5.74) is 1.57. The standard InChI is InChI=1S/C21H20ClFN6O4/c1-28(12-13-3-6-15(31-2)7-4-13)10-9-24-19-18(25-33-26-19)20-27-32-21(30)29(20)14-5-8-17(23)16(22)11-14/h3-8,11H,9-10,12H2,1-2H3,(H,24,26). The highest BCUT2D eigenvalue weighted by Gasteiger charge is 2.23. The first kappa shape index (κ1) is 22.5. The van der Waals surface area contributed by atoms with E-state index in [-0.39, 0.29) is 28.0 Å². The number of anilines is 1. The van der Waals surface area contributed by atoms with E-state index in [0.29, 0.717) is 13.1 Å². The summed E-state index contributed by atoms with van der Waals surface area (Å²) >= 11 is 5.85. The Balaban J connectivity index is 1.44. The summed E-state index contributed by atoms with van der Waals surface area (Å²) in [5.74, 6) is -0.277. The molecule has 0 saturated heterocycles. The zero-order chi connectivity index (χ0) is 23.4. The molecule has 0 unspecified atom stereocenters. The molecule has 0 saturated carbocycles. The molecule has 0 aliphatic carbocycles. The van der Waals surface area contributed by atoms with E-state index in [4.69, 9.17) is 25.5 Å². The smallest absolute Gasteiger partial charge is 0.446 e. The molecule has 0 amide bonds. The number of likely N-dealkylation sites (N-methyl/N-ethyl adjacent to an activating group) is 1. The Kier molecular flexibility index (Phi) is 6.71. The van der Waals surface area contributed by atoms with Gasteiger partial charge in [0.1, 0.15) is 11.6 Å². The van der Waals surface area contributed by atoms with Crippen LogP contribution < -0.4 is 15.8 Å². The number of hydrogen-bond acceptors (Lipinski definition) is 9. The van der Waals surface area contributed by atoms with Crippen LogP contribution in [0.5, 0.6) is 5.75 Å². The van der Waals surface area contributed by atoms with E-state index in [1.807, 2.05) is 31.3 Å². The van der Waals surface area contributed by atoms with E-state index < -0.39 is 11.6 Å². The number of aromatic nitrogens is 4. The molecule has 2 aromatic carbocycles. The molecule has 0 bridgehead atoms. The van der Waals surface area contributed by atoms with Crippen LogP contribution >= 0.6 is 11.6 Å². The molecule has 172 valence electrons. The fraction of sp³-hybridized carbons (Fsp3) is 0.238. The van der Waals surface area contributed by atoms with Crippen LogP contribution in [0.3, 0.4) is 0 Å². The molecule has 10 nitrogen and oxygen atoms in total. The van der Waals surface area contributed by atoms with Crippen molar-refractivity contribution in [2.24, 2.45) is 0 Å². The van der Waals surface area contributed by atoms with Crippen LogP contribution in [0.1, 0.15) is 5.56 Å². The number of nitrogens with zero attached hydrogens (tertiary/aromatic N) is 5. The summed E-state index contributed by atoms with van der Waals surface area (Å²) in [4.78, 5) is 14.4. The van der Waals surface area contributed by atoms with Crippen LogP contribution in [0.25, 0.3) is 17.2 Å². The van der Waals surface area contributed by atoms with Gasteiger partial charge in [-0.1, -0.05) is 28.9 Å². The molecule has 0 atom stereocenters. The summed E-state index contributed by atoms with van der Waals surface area (Å²) in [7, 11) is 3.62. The molecule has 0 aliphatic rings. The second-order valence-electron chi connectivity index (χ2n) is 7.18. The number of nitrogens with one attached hydrogen (secondary N) is 1. The van der Waals surface area contributed by atoms with E-state index in [0.717, 1.165) is 28.5 Å². The predicted octanol–water partition coefficient (Wildman–Crippen LogP) is 3.22. The Morgan fingerprint density at radius 2 is 1.97 bits per heavy atom. The van der Waals surface area contributed by atoms with Crippen LogP contribution in [0.4, 0.5) is 10.2 Å². The van der Waals surface area contributed by atoms with Gasteiger partial charge in [0.05, 0.1) is 17.8 Å². The van der Waals surface area contributed by atoms with Crippen molar-refractivity contribution in [2.75, 3.05) is 32.6 Å². The average Bonchev–Trinajstić information content (AvgIpc) is 3.42. The molecule has 4 rings (SSSR count). The van der Waals surface area contributed by atoms with Crippen molar-refractivity contribution in [1.29, 1.82) is 0 Å². The SMILES string of the molecule is COc1ccc(CN(C)CCNc2nonc2-c2noc(=O)n2-c2ccc(F)c(Cl)c2)cc1. The molecule has 0 fully saturated rings. The Bertz CT molecular complexity index is 1290. The Hall–Kier alpha value is -3.70. The van der Waals surface area contributed by atoms with E-state index in [2.05, 4.69) is 25.7 Å². The van der Waals surface area contributed by atoms with Gasteiger partial charge < -0.3 is 15.0 Å². The van der Waals surface area contributed by atoms with Crippen LogP contribution in [-0.4, -0.2) is 52.2 Å². The number of ether oxygens (including phenoxy) is 1. The Morgan fingerprint density at radius 3 is 2.70 bits per heavy atom. The van der Waals surface area contributed by atoms with Crippen molar-refractivity contribution >= 4 is 17.4 Å². The van der Waals surface area contributed by atoms with Crippen LogP contribution in [0.2, 0.25) is 5.02 Å². The summed E-state index contributed by atoms with van der Waals surface area (Å²) in [6, 6.07) is 11.6. The first-order chi connectivity index (χ1) is 16.0. The van der Waals surface area contributed by atoms with E-state index in [9.17, 15) is 9.18 Å². The summed E-state index contributed by atoms with van der Waals surface area (Å²) < 4.78 is 29.5. The number of hydrogen-bond donors (Lipinski definition) is 1. The van der Waals surface area contributed by atoms with Gasteiger partial charge in [0.25, 0.3) is 0 Å². The number of rotatable bonds is 9. The quantitative estimate of drug-likeness (QED) is 0.390. The van der Waals surface area contributed by atoms with Crippen LogP contribution in [-0.2, 0) is 6.54 Å². The molecule has 1 N–H and O–H groups in total. The minimum atomic E-state index is -0.791. The third-order valence-electron chi connectivity index (χ3n) is 4.86. The molecular weight excluding hydrogens is 455 g/mol. The van der Waals surface area contributed by atoms with Crippen molar-refractivity contribution in [3.8, 4) is 23.0 Å². The fourth-order valence-corrected chi connectivity index (χ4v) is 3.36. The fourth-order valence-electron chi connectivity index (χ4n) is 3.19. The molecule has 4 aromatic rings. The second-order valence-corrected chi connectivity index (χ2v) is 7.59. The van der Waals surface area contributed by atoms with Gasteiger partial charge in [-0.05, 0) is 53.3 Å². The van der Waals surface area contributed by atoms with E-state index in [1.54, 1.807) is 7.11 Å². The van der Waals surface area contributed by atoms with Gasteiger partial charge in [-0.2, -0.15) is 0 Å². The van der Waals surface area contributed by atoms with Crippen molar-refractivity contribution in [2.45, 2.75) is 6.54 Å². The normalized spacial score (nSPS) is 11.2. The summed E-state index contributed by atoms with van der Waals surface area (Å²) in [5, 5.41) is 14.4.